The summed E-state index contributed by atoms with van der Waals surface area (Å²) < 4.78 is 23.3. The number of halogens is 1. The molecule has 2 rings (SSSR count). The van der Waals surface area contributed by atoms with Gasteiger partial charge >= 0.3 is 0 Å². The van der Waals surface area contributed by atoms with Crippen molar-refractivity contribution in [1.82, 2.24) is 5.32 Å². The maximum Gasteiger partial charge on any atom is 0.254 e. The van der Waals surface area contributed by atoms with Gasteiger partial charge in [0.1, 0.15) is 11.6 Å². The molecule has 1 N–H and O–H groups in total. The number of furan rings is 1. The minimum atomic E-state index is -0.327. The van der Waals surface area contributed by atoms with Gasteiger partial charge in [0.15, 0.2) is 0 Å². The number of ether oxygens (including phenoxy) is 1. The molecule has 0 unspecified atom stereocenters. The van der Waals surface area contributed by atoms with E-state index in [1.54, 1.807) is 32.2 Å². The van der Waals surface area contributed by atoms with Crippen LogP contribution in [0.1, 0.15) is 27.8 Å². The first-order valence-electron chi connectivity index (χ1n) is 6.22. The van der Waals surface area contributed by atoms with E-state index in [9.17, 15) is 9.18 Å². The average Bonchev–Trinajstić information content (AvgIpc) is 2.87. The van der Waals surface area contributed by atoms with Crippen LogP contribution in [0, 0.1) is 12.7 Å². The summed E-state index contributed by atoms with van der Waals surface area (Å²) in [6, 6.07) is 7.62. The Balaban J connectivity index is 1.99. The van der Waals surface area contributed by atoms with Crippen LogP contribution in [-0.2, 0) is 4.74 Å². The first-order chi connectivity index (χ1) is 9.61. The summed E-state index contributed by atoms with van der Waals surface area (Å²) >= 11 is 0. The molecule has 1 atom stereocenters. The van der Waals surface area contributed by atoms with Crippen LogP contribution in [0.2, 0.25) is 0 Å². The van der Waals surface area contributed by atoms with Gasteiger partial charge in [0, 0.05) is 13.7 Å². The number of aryl methyl sites for hydroxylation is 1. The predicted octanol–water partition coefficient (Wildman–Crippen LogP) is 2.84. The third-order valence-electron chi connectivity index (χ3n) is 3.08. The van der Waals surface area contributed by atoms with Crippen molar-refractivity contribution >= 4 is 5.91 Å². The Labute approximate surface area is 116 Å². The number of carbonyl (C=O) groups is 1. The summed E-state index contributed by atoms with van der Waals surface area (Å²) in [5.41, 5.74) is 1.30. The Morgan fingerprint density at radius 2 is 2.05 bits per heavy atom. The standard InChI is InChI=1S/C15H16FNO3/c1-10-13(7-8-20-10)15(18)17-9-14(19-2)11-3-5-12(16)6-4-11/h3-8,14H,9H2,1-2H3,(H,17,18)/t14-/m0/s1. The zero-order valence-electron chi connectivity index (χ0n) is 11.4. The fourth-order valence-corrected chi connectivity index (χ4v) is 1.92. The molecule has 2 aromatic rings. The molecule has 20 heavy (non-hydrogen) atoms. The molecular formula is C15H16FNO3. The van der Waals surface area contributed by atoms with E-state index in [0.717, 1.165) is 5.56 Å². The fourth-order valence-electron chi connectivity index (χ4n) is 1.92. The molecule has 5 heteroatoms. The Kier molecular flexibility index (Phi) is 4.53. The minimum absolute atomic E-state index is 0.222. The summed E-state index contributed by atoms with van der Waals surface area (Å²) in [4.78, 5) is 11.9. The Bertz CT molecular complexity index is 577. The topological polar surface area (TPSA) is 51.5 Å². The Morgan fingerprint density at radius 1 is 1.35 bits per heavy atom. The summed E-state index contributed by atoms with van der Waals surface area (Å²) in [5, 5.41) is 2.77. The lowest BCUT2D eigenvalue weighted by Crippen LogP contribution is -2.29. The second-order valence-electron chi connectivity index (χ2n) is 4.38. The van der Waals surface area contributed by atoms with Gasteiger partial charge in [-0.1, -0.05) is 12.1 Å². The van der Waals surface area contributed by atoms with Crippen molar-refractivity contribution in [2.75, 3.05) is 13.7 Å². The van der Waals surface area contributed by atoms with Crippen molar-refractivity contribution in [2.24, 2.45) is 0 Å². The third kappa shape index (κ3) is 3.24. The zero-order valence-corrected chi connectivity index (χ0v) is 11.4. The average molecular weight is 277 g/mol. The van der Waals surface area contributed by atoms with Crippen molar-refractivity contribution < 1.29 is 18.3 Å². The molecule has 0 aliphatic carbocycles. The van der Waals surface area contributed by atoms with Gasteiger partial charge in [-0.3, -0.25) is 4.79 Å². The molecule has 4 nitrogen and oxygen atoms in total. The highest BCUT2D eigenvalue weighted by atomic mass is 19.1. The van der Waals surface area contributed by atoms with Crippen molar-refractivity contribution in [3.8, 4) is 0 Å². The van der Waals surface area contributed by atoms with Gasteiger partial charge in [0.2, 0.25) is 0 Å². The van der Waals surface area contributed by atoms with Crippen LogP contribution in [-0.4, -0.2) is 19.6 Å². The first-order valence-corrected chi connectivity index (χ1v) is 6.22. The number of hydrogen-bond acceptors (Lipinski definition) is 3. The second kappa shape index (κ2) is 6.34. The fraction of sp³-hybridized carbons (Fsp3) is 0.267. The van der Waals surface area contributed by atoms with E-state index < -0.39 is 0 Å². The van der Waals surface area contributed by atoms with Crippen LogP contribution in [0.15, 0.2) is 41.0 Å². The molecule has 0 spiro atoms. The number of rotatable bonds is 5. The highest BCUT2D eigenvalue weighted by Crippen LogP contribution is 2.16. The van der Waals surface area contributed by atoms with Gasteiger partial charge in [0.05, 0.1) is 17.9 Å². The molecule has 0 saturated heterocycles. The molecule has 0 bridgehead atoms. The molecule has 1 aromatic heterocycles. The van der Waals surface area contributed by atoms with Gasteiger partial charge in [-0.25, -0.2) is 4.39 Å². The zero-order chi connectivity index (χ0) is 14.5. The van der Waals surface area contributed by atoms with Crippen LogP contribution >= 0.6 is 0 Å². The second-order valence-corrected chi connectivity index (χ2v) is 4.38. The molecule has 1 aromatic carbocycles. The maximum absolute atomic E-state index is 12.9. The number of benzene rings is 1. The van der Waals surface area contributed by atoms with E-state index in [1.165, 1.54) is 18.4 Å². The number of methoxy groups -OCH3 is 1. The maximum atomic E-state index is 12.9. The van der Waals surface area contributed by atoms with Crippen LogP contribution in [0.3, 0.4) is 0 Å². The van der Waals surface area contributed by atoms with Crippen molar-refractivity contribution in [3.63, 3.8) is 0 Å². The van der Waals surface area contributed by atoms with E-state index in [4.69, 9.17) is 9.15 Å². The number of nitrogens with one attached hydrogen (secondary N) is 1. The summed E-state index contributed by atoms with van der Waals surface area (Å²) in [7, 11) is 1.54. The summed E-state index contributed by atoms with van der Waals surface area (Å²) in [6.45, 7) is 2.02. The predicted molar refractivity (Wildman–Crippen MR) is 71.9 cm³/mol. The Hall–Kier alpha value is -2.14. The van der Waals surface area contributed by atoms with Crippen LogP contribution in [0.5, 0.6) is 0 Å². The monoisotopic (exact) mass is 277 g/mol. The molecule has 1 amide bonds. The molecule has 1 heterocycles. The number of hydrogen-bond donors (Lipinski definition) is 1. The van der Waals surface area contributed by atoms with Gasteiger partial charge in [-0.05, 0) is 30.7 Å². The highest BCUT2D eigenvalue weighted by Gasteiger charge is 2.15. The van der Waals surface area contributed by atoms with Gasteiger partial charge < -0.3 is 14.5 Å². The molecule has 0 radical (unpaired) electrons. The van der Waals surface area contributed by atoms with Crippen molar-refractivity contribution in [1.29, 1.82) is 0 Å². The minimum Gasteiger partial charge on any atom is -0.469 e. The van der Waals surface area contributed by atoms with Crippen LogP contribution in [0.25, 0.3) is 0 Å². The van der Waals surface area contributed by atoms with E-state index in [2.05, 4.69) is 5.32 Å². The number of amides is 1. The largest absolute Gasteiger partial charge is 0.469 e. The quantitative estimate of drug-likeness (QED) is 0.914. The van der Waals surface area contributed by atoms with Gasteiger partial charge in [-0.15, -0.1) is 0 Å². The first kappa shape index (κ1) is 14.3. The van der Waals surface area contributed by atoms with Crippen LogP contribution < -0.4 is 5.32 Å². The Morgan fingerprint density at radius 3 is 2.60 bits per heavy atom. The van der Waals surface area contributed by atoms with Gasteiger partial charge in [-0.2, -0.15) is 0 Å². The summed E-state index contributed by atoms with van der Waals surface area (Å²) in [5.74, 6) is 0.0420. The van der Waals surface area contributed by atoms with Crippen molar-refractivity contribution in [3.05, 3.63) is 59.3 Å². The van der Waals surface area contributed by atoms with Crippen LogP contribution in [0.4, 0.5) is 4.39 Å². The number of carbonyl (C=O) groups excluding carboxylic acids is 1. The van der Waals surface area contributed by atoms with E-state index >= 15 is 0 Å². The normalized spacial score (nSPS) is 12.2. The van der Waals surface area contributed by atoms with E-state index in [-0.39, 0.29) is 17.8 Å². The highest BCUT2D eigenvalue weighted by molar-refractivity contribution is 5.95. The smallest absolute Gasteiger partial charge is 0.254 e. The molecule has 106 valence electrons. The lowest BCUT2D eigenvalue weighted by molar-refractivity contribution is 0.0826. The van der Waals surface area contributed by atoms with E-state index in [1.807, 2.05) is 0 Å². The van der Waals surface area contributed by atoms with Crippen molar-refractivity contribution in [2.45, 2.75) is 13.0 Å². The van der Waals surface area contributed by atoms with Gasteiger partial charge in [0.25, 0.3) is 5.91 Å². The molecular weight excluding hydrogens is 261 g/mol. The molecule has 0 aliphatic rings. The molecule has 0 saturated carbocycles. The lowest BCUT2D eigenvalue weighted by atomic mass is 10.1. The molecule has 0 fully saturated rings. The third-order valence-corrected chi connectivity index (χ3v) is 3.08. The van der Waals surface area contributed by atoms with E-state index in [0.29, 0.717) is 17.9 Å². The SMILES string of the molecule is CO[C@@H](CNC(=O)c1ccoc1C)c1ccc(F)cc1. The lowest BCUT2D eigenvalue weighted by Gasteiger charge is -2.16. The summed E-state index contributed by atoms with van der Waals surface area (Å²) in [6.07, 6.45) is 1.14. The molecule has 0 aliphatic heterocycles.